The lowest BCUT2D eigenvalue weighted by Crippen LogP contribution is -2.45. The Morgan fingerprint density at radius 1 is 1.16 bits per heavy atom. The molecule has 1 unspecified atom stereocenters. The molecule has 6 heteroatoms. The zero-order valence-corrected chi connectivity index (χ0v) is 15.4. The summed E-state index contributed by atoms with van der Waals surface area (Å²) in [6.07, 6.45) is 2.56. The number of benzene rings is 1. The Balaban J connectivity index is 1.56. The summed E-state index contributed by atoms with van der Waals surface area (Å²) in [5.74, 6) is 2.46. The van der Waals surface area contributed by atoms with Crippen LogP contribution in [-0.4, -0.2) is 52.0 Å². The molecule has 1 aromatic rings. The first-order chi connectivity index (χ1) is 12.1. The van der Waals surface area contributed by atoms with Crippen molar-refractivity contribution in [3.8, 4) is 11.5 Å². The number of ether oxygens (including phenoxy) is 3. The lowest BCUT2D eigenvalue weighted by Gasteiger charge is -2.28. The summed E-state index contributed by atoms with van der Waals surface area (Å²) in [7, 11) is 1.79. The largest absolute Gasteiger partial charge is 0.486 e. The number of aliphatic imine (C=N–C) groups is 1. The van der Waals surface area contributed by atoms with Crippen LogP contribution >= 0.6 is 0 Å². The predicted molar refractivity (Wildman–Crippen MR) is 98.8 cm³/mol. The molecule has 0 radical (unpaired) electrons. The second kappa shape index (κ2) is 7.95. The van der Waals surface area contributed by atoms with E-state index in [1.165, 1.54) is 5.56 Å². The number of nitrogens with zero attached hydrogens (tertiary/aromatic N) is 1. The minimum absolute atomic E-state index is 0.0721. The quantitative estimate of drug-likeness (QED) is 0.631. The van der Waals surface area contributed by atoms with Gasteiger partial charge in [0.1, 0.15) is 13.2 Å². The topological polar surface area (TPSA) is 64.1 Å². The molecule has 0 bridgehead atoms. The second-order valence-corrected chi connectivity index (χ2v) is 7.18. The van der Waals surface area contributed by atoms with Crippen LogP contribution in [0.2, 0.25) is 0 Å². The normalized spacial score (nSPS) is 20.4. The van der Waals surface area contributed by atoms with Crippen molar-refractivity contribution in [2.24, 2.45) is 4.99 Å². The summed E-state index contributed by atoms with van der Waals surface area (Å²) in [6.45, 7) is 8.06. The molecule has 0 aromatic heterocycles. The van der Waals surface area contributed by atoms with Crippen LogP contribution in [0.4, 0.5) is 0 Å². The van der Waals surface area contributed by atoms with Crippen LogP contribution in [0.5, 0.6) is 11.5 Å². The first-order valence-electron chi connectivity index (χ1n) is 9.05. The minimum atomic E-state index is -0.0721. The van der Waals surface area contributed by atoms with Gasteiger partial charge >= 0.3 is 0 Å². The molecular formula is C19H29N3O3. The summed E-state index contributed by atoms with van der Waals surface area (Å²) in [6, 6.07) is 6.19. The van der Waals surface area contributed by atoms with Gasteiger partial charge in [-0.15, -0.1) is 0 Å². The smallest absolute Gasteiger partial charge is 0.191 e. The molecule has 1 fully saturated rings. The van der Waals surface area contributed by atoms with E-state index in [2.05, 4.69) is 41.6 Å². The summed E-state index contributed by atoms with van der Waals surface area (Å²) in [5.41, 5.74) is 1.14. The van der Waals surface area contributed by atoms with Gasteiger partial charge in [-0.2, -0.15) is 0 Å². The van der Waals surface area contributed by atoms with Crippen LogP contribution in [0.25, 0.3) is 0 Å². The first-order valence-corrected chi connectivity index (χ1v) is 9.05. The third kappa shape index (κ3) is 4.57. The molecule has 0 amide bonds. The molecule has 6 nitrogen and oxygen atoms in total. The fourth-order valence-electron chi connectivity index (χ4n) is 3.11. The molecule has 138 valence electrons. The van der Waals surface area contributed by atoms with Crippen molar-refractivity contribution in [3.63, 3.8) is 0 Å². The number of rotatable bonds is 5. The minimum Gasteiger partial charge on any atom is -0.486 e. The summed E-state index contributed by atoms with van der Waals surface area (Å²) >= 11 is 0. The highest BCUT2D eigenvalue weighted by molar-refractivity contribution is 5.79. The van der Waals surface area contributed by atoms with Gasteiger partial charge in [-0.05, 0) is 30.5 Å². The maximum absolute atomic E-state index is 5.71. The van der Waals surface area contributed by atoms with Crippen LogP contribution in [0, 0.1) is 0 Å². The van der Waals surface area contributed by atoms with Crippen molar-refractivity contribution < 1.29 is 14.2 Å². The molecule has 2 aliphatic rings. The molecule has 0 aliphatic carbocycles. The van der Waals surface area contributed by atoms with Gasteiger partial charge in [-0.25, -0.2) is 0 Å². The Bertz CT molecular complexity index is 610. The highest BCUT2D eigenvalue weighted by atomic mass is 16.6. The summed E-state index contributed by atoms with van der Waals surface area (Å²) in [5, 5.41) is 6.78. The molecule has 1 aromatic carbocycles. The van der Waals surface area contributed by atoms with E-state index in [4.69, 9.17) is 14.2 Å². The molecule has 2 heterocycles. The first kappa shape index (κ1) is 17.9. The summed E-state index contributed by atoms with van der Waals surface area (Å²) < 4.78 is 17.0. The SMILES string of the molecule is CN=C(NCC1CCCO1)NCC(C)(C)c1ccc2c(c1)OCCO2. The number of hydrogen-bond acceptors (Lipinski definition) is 4. The maximum atomic E-state index is 5.71. The maximum Gasteiger partial charge on any atom is 0.191 e. The number of nitrogens with one attached hydrogen (secondary N) is 2. The van der Waals surface area contributed by atoms with Gasteiger partial charge in [0.05, 0.1) is 6.10 Å². The number of hydrogen-bond donors (Lipinski definition) is 2. The van der Waals surface area contributed by atoms with Gasteiger partial charge in [0.2, 0.25) is 0 Å². The fraction of sp³-hybridized carbons (Fsp3) is 0.632. The fourth-order valence-corrected chi connectivity index (χ4v) is 3.11. The highest BCUT2D eigenvalue weighted by Crippen LogP contribution is 2.34. The van der Waals surface area contributed by atoms with Gasteiger partial charge in [-0.3, -0.25) is 4.99 Å². The average molecular weight is 347 g/mol. The Morgan fingerprint density at radius 2 is 1.96 bits per heavy atom. The molecule has 25 heavy (non-hydrogen) atoms. The average Bonchev–Trinajstić information content (AvgIpc) is 3.15. The van der Waals surface area contributed by atoms with E-state index in [0.29, 0.717) is 19.3 Å². The second-order valence-electron chi connectivity index (χ2n) is 7.18. The van der Waals surface area contributed by atoms with E-state index in [9.17, 15) is 0 Å². The van der Waals surface area contributed by atoms with Gasteiger partial charge in [-0.1, -0.05) is 19.9 Å². The van der Waals surface area contributed by atoms with Crippen molar-refractivity contribution in [3.05, 3.63) is 23.8 Å². The Kier molecular flexibility index (Phi) is 5.68. The predicted octanol–water partition coefficient (Wildman–Crippen LogP) is 2.08. The molecular weight excluding hydrogens is 318 g/mol. The standard InChI is InChI=1S/C19H29N3O3/c1-19(2,14-6-7-16-17(11-14)25-10-9-24-16)13-22-18(20-3)21-12-15-5-4-8-23-15/h6-7,11,15H,4-5,8-10,12-13H2,1-3H3,(H2,20,21,22). The van der Waals surface area contributed by atoms with Crippen LogP contribution in [0.15, 0.2) is 23.2 Å². The van der Waals surface area contributed by atoms with Crippen molar-refractivity contribution in [2.75, 3.05) is 40.0 Å². The molecule has 0 saturated carbocycles. The van der Waals surface area contributed by atoms with E-state index in [0.717, 1.165) is 50.0 Å². The third-order valence-electron chi connectivity index (χ3n) is 4.77. The number of fused-ring (bicyclic) bond motifs is 1. The van der Waals surface area contributed by atoms with Gasteiger partial charge in [0.15, 0.2) is 17.5 Å². The molecule has 0 spiro atoms. The van der Waals surface area contributed by atoms with E-state index in [-0.39, 0.29) is 5.41 Å². The Hall–Kier alpha value is -1.95. The number of guanidine groups is 1. The van der Waals surface area contributed by atoms with E-state index in [1.807, 2.05) is 6.07 Å². The van der Waals surface area contributed by atoms with Gasteiger partial charge < -0.3 is 24.8 Å². The van der Waals surface area contributed by atoms with E-state index >= 15 is 0 Å². The zero-order valence-electron chi connectivity index (χ0n) is 15.4. The Morgan fingerprint density at radius 3 is 2.68 bits per heavy atom. The van der Waals surface area contributed by atoms with E-state index < -0.39 is 0 Å². The zero-order chi connectivity index (χ0) is 17.7. The van der Waals surface area contributed by atoms with E-state index in [1.54, 1.807) is 7.05 Å². The third-order valence-corrected chi connectivity index (χ3v) is 4.77. The van der Waals surface area contributed by atoms with Crippen LogP contribution in [0.1, 0.15) is 32.3 Å². The molecule has 1 atom stereocenters. The molecule has 2 N–H and O–H groups in total. The monoisotopic (exact) mass is 347 g/mol. The van der Waals surface area contributed by atoms with Crippen molar-refractivity contribution >= 4 is 5.96 Å². The van der Waals surface area contributed by atoms with Gasteiger partial charge in [0, 0.05) is 32.2 Å². The van der Waals surface area contributed by atoms with Crippen LogP contribution in [0.3, 0.4) is 0 Å². The highest BCUT2D eigenvalue weighted by Gasteiger charge is 2.24. The van der Waals surface area contributed by atoms with Crippen molar-refractivity contribution in [1.82, 2.24) is 10.6 Å². The molecule has 3 rings (SSSR count). The van der Waals surface area contributed by atoms with Crippen molar-refractivity contribution in [1.29, 1.82) is 0 Å². The van der Waals surface area contributed by atoms with Gasteiger partial charge in [0.25, 0.3) is 0 Å². The lowest BCUT2D eigenvalue weighted by molar-refractivity contribution is 0.114. The summed E-state index contributed by atoms with van der Waals surface area (Å²) in [4.78, 5) is 4.31. The van der Waals surface area contributed by atoms with Crippen LogP contribution in [-0.2, 0) is 10.2 Å². The Labute approximate surface area is 149 Å². The molecule has 2 aliphatic heterocycles. The lowest BCUT2D eigenvalue weighted by atomic mass is 9.84. The van der Waals surface area contributed by atoms with Crippen molar-refractivity contribution in [2.45, 2.75) is 38.2 Å². The van der Waals surface area contributed by atoms with Crippen LogP contribution < -0.4 is 20.1 Å². The molecule has 1 saturated heterocycles.